The number of anilines is 1. The summed E-state index contributed by atoms with van der Waals surface area (Å²) < 4.78 is 26.7. The number of carbonyl (C=O) groups is 2. The van der Waals surface area contributed by atoms with Gasteiger partial charge in [-0.25, -0.2) is 8.42 Å². The first-order valence-electron chi connectivity index (χ1n) is 11.8. The molecule has 0 bridgehead atoms. The first-order valence-corrected chi connectivity index (χ1v) is 14.1. The third-order valence-corrected chi connectivity index (χ3v) is 7.46. The van der Waals surface area contributed by atoms with Crippen molar-refractivity contribution in [3.63, 3.8) is 0 Å². The minimum Gasteiger partial charge on any atom is -0.357 e. The molecule has 37 heavy (non-hydrogen) atoms. The van der Waals surface area contributed by atoms with Crippen molar-refractivity contribution in [2.45, 2.75) is 32.9 Å². The zero-order chi connectivity index (χ0) is 27.2. The van der Waals surface area contributed by atoms with Gasteiger partial charge in [0, 0.05) is 25.0 Å². The van der Waals surface area contributed by atoms with Crippen molar-refractivity contribution in [3.8, 4) is 0 Å². The topological polar surface area (TPSA) is 86.8 Å². The van der Waals surface area contributed by atoms with E-state index in [0.29, 0.717) is 16.3 Å². The van der Waals surface area contributed by atoms with Gasteiger partial charge in [-0.2, -0.15) is 0 Å². The number of hydrogen-bond donors (Lipinski definition) is 1. The zero-order valence-corrected chi connectivity index (χ0v) is 23.0. The molecule has 7 nitrogen and oxygen atoms in total. The van der Waals surface area contributed by atoms with Gasteiger partial charge in [0.25, 0.3) is 0 Å². The second-order valence-electron chi connectivity index (χ2n) is 9.03. The molecule has 196 valence electrons. The van der Waals surface area contributed by atoms with Crippen molar-refractivity contribution >= 4 is 39.1 Å². The van der Waals surface area contributed by atoms with Gasteiger partial charge in [-0.1, -0.05) is 71.8 Å². The van der Waals surface area contributed by atoms with Crippen molar-refractivity contribution in [2.75, 3.05) is 24.2 Å². The monoisotopic (exact) mass is 541 g/mol. The van der Waals surface area contributed by atoms with E-state index in [2.05, 4.69) is 5.32 Å². The molecule has 3 aromatic rings. The van der Waals surface area contributed by atoms with E-state index in [1.54, 1.807) is 25.1 Å². The predicted molar refractivity (Wildman–Crippen MR) is 148 cm³/mol. The average molecular weight is 542 g/mol. The van der Waals surface area contributed by atoms with E-state index >= 15 is 0 Å². The Hall–Kier alpha value is -3.36. The van der Waals surface area contributed by atoms with Gasteiger partial charge in [0.1, 0.15) is 12.6 Å². The minimum atomic E-state index is -3.83. The number of rotatable bonds is 10. The van der Waals surface area contributed by atoms with Crippen LogP contribution >= 0.6 is 11.6 Å². The lowest BCUT2D eigenvalue weighted by atomic mass is 10.0. The number of hydrogen-bond acceptors (Lipinski definition) is 4. The molecular formula is C28H32ClN3O4S. The minimum absolute atomic E-state index is 0.140. The number of sulfonamides is 1. The fraction of sp³-hybridized carbons (Fsp3) is 0.286. The summed E-state index contributed by atoms with van der Waals surface area (Å²) in [6.45, 7) is 3.38. The van der Waals surface area contributed by atoms with E-state index in [-0.39, 0.29) is 18.9 Å². The Kier molecular flexibility index (Phi) is 9.34. The van der Waals surface area contributed by atoms with Crippen molar-refractivity contribution in [2.24, 2.45) is 0 Å². The zero-order valence-electron chi connectivity index (χ0n) is 21.4. The number of aryl methyl sites for hydroxylation is 2. The molecule has 0 radical (unpaired) electrons. The summed E-state index contributed by atoms with van der Waals surface area (Å²) in [4.78, 5) is 28.4. The molecule has 0 saturated heterocycles. The van der Waals surface area contributed by atoms with Crippen LogP contribution in [0.15, 0.2) is 72.8 Å². The number of halogens is 1. The van der Waals surface area contributed by atoms with Crippen LogP contribution in [0.2, 0.25) is 5.02 Å². The summed E-state index contributed by atoms with van der Waals surface area (Å²) >= 11 is 6.08. The van der Waals surface area contributed by atoms with Crippen molar-refractivity contribution in [1.82, 2.24) is 10.2 Å². The van der Waals surface area contributed by atoms with Gasteiger partial charge in [0.05, 0.1) is 11.9 Å². The van der Waals surface area contributed by atoms with Crippen LogP contribution in [0.4, 0.5) is 5.69 Å². The summed E-state index contributed by atoms with van der Waals surface area (Å²) in [6.07, 6.45) is 1.33. The van der Waals surface area contributed by atoms with Crippen LogP contribution in [0.3, 0.4) is 0 Å². The molecule has 1 N–H and O–H groups in total. The van der Waals surface area contributed by atoms with Crippen molar-refractivity contribution in [3.05, 3.63) is 100 Å². The molecule has 0 aromatic heterocycles. The predicted octanol–water partition coefficient (Wildman–Crippen LogP) is 4.11. The van der Waals surface area contributed by atoms with Gasteiger partial charge in [0.15, 0.2) is 0 Å². The Balaban J connectivity index is 2.04. The molecular weight excluding hydrogens is 510 g/mol. The normalized spacial score (nSPS) is 12.0. The average Bonchev–Trinajstić information content (AvgIpc) is 2.85. The smallest absolute Gasteiger partial charge is 0.244 e. The molecule has 9 heteroatoms. The summed E-state index contributed by atoms with van der Waals surface area (Å²) in [5.74, 6) is -0.831. The van der Waals surface area contributed by atoms with E-state index < -0.39 is 28.5 Å². The van der Waals surface area contributed by atoms with Gasteiger partial charge < -0.3 is 10.2 Å². The number of benzene rings is 3. The summed E-state index contributed by atoms with van der Waals surface area (Å²) in [6, 6.07) is 21.0. The van der Waals surface area contributed by atoms with Crippen LogP contribution in [0, 0.1) is 13.8 Å². The van der Waals surface area contributed by atoms with Crippen LogP contribution in [-0.4, -0.2) is 51.0 Å². The highest BCUT2D eigenvalue weighted by Crippen LogP contribution is 2.26. The van der Waals surface area contributed by atoms with Gasteiger partial charge in [-0.05, 0) is 48.7 Å². The van der Waals surface area contributed by atoms with Crippen LogP contribution in [0.25, 0.3) is 0 Å². The highest BCUT2D eigenvalue weighted by molar-refractivity contribution is 7.92. The molecule has 0 aliphatic carbocycles. The second-order valence-corrected chi connectivity index (χ2v) is 11.4. The van der Waals surface area contributed by atoms with E-state index in [9.17, 15) is 18.0 Å². The summed E-state index contributed by atoms with van der Waals surface area (Å²) in [5.41, 5.74) is 3.74. The summed E-state index contributed by atoms with van der Waals surface area (Å²) in [5, 5.41) is 3.13. The molecule has 0 fully saturated rings. The Morgan fingerprint density at radius 1 is 0.946 bits per heavy atom. The lowest BCUT2D eigenvalue weighted by molar-refractivity contribution is -0.139. The van der Waals surface area contributed by atoms with Crippen LogP contribution < -0.4 is 9.62 Å². The largest absolute Gasteiger partial charge is 0.357 e. The number of nitrogens with one attached hydrogen (secondary N) is 1. The van der Waals surface area contributed by atoms with Gasteiger partial charge in [-0.3, -0.25) is 13.9 Å². The highest BCUT2D eigenvalue weighted by atomic mass is 35.5. The van der Waals surface area contributed by atoms with E-state index in [4.69, 9.17) is 11.6 Å². The third-order valence-electron chi connectivity index (χ3n) is 6.10. The molecule has 3 rings (SSSR count). The van der Waals surface area contributed by atoms with E-state index in [1.807, 2.05) is 61.5 Å². The Bertz CT molecular complexity index is 1350. The SMILES string of the molecule is CNC(=O)[C@H](Cc1ccccc1)N(Cc1ccc(C)cc1)C(=O)CN(c1ccc(Cl)cc1C)S(C)(=O)=O. The maximum absolute atomic E-state index is 13.9. The van der Waals surface area contributed by atoms with Gasteiger partial charge in [-0.15, -0.1) is 0 Å². The van der Waals surface area contributed by atoms with E-state index in [0.717, 1.165) is 27.3 Å². The van der Waals surface area contributed by atoms with Crippen LogP contribution in [0.5, 0.6) is 0 Å². The van der Waals surface area contributed by atoms with Crippen LogP contribution in [0.1, 0.15) is 22.3 Å². The third kappa shape index (κ3) is 7.57. The Morgan fingerprint density at radius 3 is 2.16 bits per heavy atom. The maximum Gasteiger partial charge on any atom is 0.244 e. The quantitative estimate of drug-likeness (QED) is 0.418. The summed E-state index contributed by atoms with van der Waals surface area (Å²) in [7, 11) is -2.31. The molecule has 0 aliphatic rings. The molecule has 0 heterocycles. The molecule has 3 aromatic carbocycles. The lowest BCUT2D eigenvalue weighted by Crippen LogP contribution is -2.53. The number of likely N-dealkylation sites (N-methyl/N-ethyl adjacent to an activating group) is 1. The fourth-order valence-electron chi connectivity index (χ4n) is 4.10. The highest BCUT2D eigenvalue weighted by Gasteiger charge is 2.32. The molecule has 0 saturated carbocycles. The standard InChI is InChI=1S/C28H32ClN3O4S/c1-20-10-12-23(13-11-20)18-31(26(28(34)30-3)17-22-8-6-5-7-9-22)27(33)19-32(37(4,35)36)25-15-14-24(29)16-21(25)2/h5-16,26H,17-19H2,1-4H3,(H,30,34)/t26-/m0/s1. The van der Waals surface area contributed by atoms with Gasteiger partial charge >= 0.3 is 0 Å². The lowest BCUT2D eigenvalue weighted by Gasteiger charge is -2.33. The van der Waals surface area contributed by atoms with Crippen LogP contribution in [-0.2, 0) is 32.6 Å². The molecule has 2 amide bonds. The molecule has 0 spiro atoms. The number of amides is 2. The number of carbonyl (C=O) groups excluding carboxylic acids is 2. The second kappa shape index (κ2) is 12.3. The molecule has 0 aliphatic heterocycles. The maximum atomic E-state index is 13.9. The van der Waals surface area contributed by atoms with E-state index in [1.165, 1.54) is 11.9 Å². The Morgan fingerprint density at radius 2 is 1.59 bits per heavy atom. The van der Waals surface area contributed by atoms with Gasteiger partial charge in [0.2, 0.25) is 21.8 Å². The van der Waals surface area contributed by atoms with Crippen molar-refractivity contribution in [1.29, 1.82) is 0 Å². The Labute approximate surface area is 224 Å². The molecule has 0 unspecified atom stereocenters. The fourth-order valence-corrected chi connectivity index (χ4v) is 5.24. The molecule has 1 atom stereocenters. The van der Waals surface area contributed by atoms with Crippen molar-refractivity contribution < 1.29 is 18.0 Å². The first-order chi connectivity index (χ1) is 17.5. The first kappa shape index (κ1) is 28.2. The number of nitrogens with zero attached hydrogens (tertiary/aromatic N) is 2.